The fourth-order valence-electron chi connectivity index (χ4n) is 2.22. The van der Waals surface area contributed by atoms with Crippen LogP contribution in [0.3, 0.4) is 0 Å². The summed E-state index contributed by atoms with van der Waals surface area (Å²) in [4.78, 5) is 13.2. The van der Waals surface area contributed by atoms with Gasteiger partial charge in [-0.05, 0) is 24.1 Å². The highest BCUT2D eigenvalue weighted by molar-refractivity contribution is 5.55. The largest absolute Gasteiger partial charge is 0.473 e. The van der Waals surface area contributed by atoms with Gasteiger partial charge in [-0.1, -0.05) is 26.0 Å². The predicted molar refractivity (Wildman–Crippen MR) is 97.0 cm³/mol. The number of halogens is 3. The Morgan fingerprint density at radius 3 is 2.37 bits per heavy atom. The number of aromatic nitrogens is 1. The molecule has 1 aromatic carbocycles. The van der Waals surface area contributed by atoms with E-state index >= 15 is 0 Å². The summed E-state index contributed by atoms with van der Waals surface area (Å²) in [6.07, 6.45) is -4.03. The fraction of sp³-hybridized carbons (Fsp3) is 0.333. The average molecular weight is 384 g/mol. The van der Waals surface area contributed by atoms with Crippen molar-refractivity contribution in [3.8, 4) is 5.88 Å². The Bertz CT molecular complexity index is 737. The normalized spacial score (nSPS) is 10.7. The van der Waals surface area contributed by atoms with E-state index in [9.17, 15) is 13.2 Å². The molecule has 0 aliphatic heterocycles. The summed E-state index contributed by atoms with van der Waals surface area (Å²) < 4.78 is 45.0. The number of nitrogens with two attached hydrogens (primary N) is 1. The molecule has 0 radical (unpaired) electrons. The number of hydrazine groups is 1. The third kappa shape index (κ3) is 6.78. The number of pyridine rings is 1. The second-order valence-electron chi connectivity index (χ2n) is 5.71. The lowest BCUT2D eigenvalue weighted by molar-refractivity contribution is -0.138. The zero-order valence-corrected chi connectivity index (χ0v) is 15.3. The molecule has 0 saturated heterocycles. The molecular formula is C18H23F3N4O2. The number of nitrogens with one attached hydrogen (secondary N) is 2. The summed E-state index contributed by atoms with van der Waals surface area (Å²) in [6.45, 7) is 3.77. The van der Waals surface area contributed by atoms with Gasteiger partial charge >= 0.3 is 6.18 Å². The number of nitrogens with zero attached hydrogens (tertiary/aromatic N) is 1. The van der Waals surface area contributed by atoms with Crippen molar-refractivity contribution >= 4 is 12.1 Å². The maximum atomic E-state index is 13.2. The monoisotopic (exact) mass is 384 g/mol. The lowest BCUT2D eigenvalue weighted by Crippen LogP contribution is -2.18. The number of carbonyl (C=O) groups is 1. The van der Waals surface area contributed by atoms with E-state index in [1.807, 2.05) is 19.9 Å². The molecule has 0 atom stereocenters. The number of ether oxygens (including phenoxy) is 1. The lowest BCUT2D eigenvalue weighted by Gasteiger charge is -2.17. The Morgan fingerprint density at radius 2 is 1.85 bits per heavy atom. The fourth-order valence-corrected chi connectivity index (χ4v) is 2.22. The van der Waals surface area contributed by atoms with Gasteiger partial charge in [-0.25, -0.2) is 10.8 Å². The van der Waals surface area contributed by atoms with E-state index < -0.39 is 11.7 Å². The van der Waals surface area contributed by atoms with Gasteiger partial charge in [-0.15, -0.1) is 0 Å². The molecule has 4 N–H and O–H groups in total. The molecule has 2 aromatic rings. The van der Waals surface area contributed by atoms with E-state index in [1.165, 1.54) is 6.07 Å². The van der Waals surface area contributed by atoms with Crippen LogP contribution in [-0.4, -0.2) is 18.4 Å². The number of rotatable bonds is 6. The standard InChI is InChI=1S/C17H19F3N2O.CH4N2O/c1-11(2)14-7-5-9-16(22-14)23-10-12-13(17(18,19)20)6-4-8-15(12)21-3;2-3-1-4/h4-9,11,21H,10H2,1-3H3;1H,2H2,(H,3,4). The van der Waals surface area contributed by atoms with Crippen molar-refractivity contribution in [1.29, 1.82) is 0 Å². The molecule has 2 rings (SSSR count). The van der Waals surface area contributed by atoms with Crippen LogP contribution >= 0.6 is 0 Å². The molecule has 1 heterocycles. The maximum Gasteiger partial charge on any atom is 0.416 e. The quantitative estimate of drug-likeness (QED) is 0.307. The molecule has 0 fully saturated rings. The first-order valence-electron chi connectivity index (χ1n) is 8.10. The van der Waals surface area contributed by atoms with Crippen LogP contribution in [-0.2, 0) is 17.6 Å². The van der Waals surface area contributed by atoms with E-state index in [-0.39, 0.29) is 18.1 Å². The van der Waals surface area contributed by atoms with Gasteiger partial charge in [0.25, 0.3) is 0 Å². The molecule has 27 heavy (non-hydrogen) atoms. The van der Waals surface area contributed by atoms with Crippen LogP contribution in [0, 0.1) is 0 Å². The van der Waals surface area contributed by atoms with Gasteiger partial charge in [0.15, 0.2) is 0 Å². The first-order chi connectivity index (χ1) is 12.7. The summed E-state index contributed by atoms with van der Waals surface area (Å²) in [5.74, 6) is 4.94. The van der Waals surface area contributed by atoms with Crippen LogP contribution in [0.1, 0.15) is 36.6 Å². The Morgan fingerprint density at radius 1 is 1.22 bits per heavy atom. The summed E-state index contributed by atoms with van der Waals surface area (Å²) in [5.41, 5.74) is 2.34. The van der Waals surface area contributed by atoms with Crippen molar-refractivity contribution in [3.63, 3.8) is 0 Å². The van der Waals surface area contributed by atoms with Crippen LogP contribution in [0.4, 0.5) is 18.9 Å². The summed E-state index contributed by atoms with van der Waals surface area (Å²) in [7, 11) is 1.58. The van der Waals surface area contributed by atoms with Gasteiger partial charge in [-0.2, -0.15) is 13.2 Å². The van der Waals surface area contributed by atoms with E-state index in [2.05, 4.69) is 16.1 Å². The van der Waals surface area contributed by atoms with Crippen LogP contribution in [0.2, 0.25) is 0 Å². The molecule has 0 unspecified atom stereocenters. The minimum absolute atomic E-state index is 0.0688. The van der Waals surface area contributed by atoms with Crippen molar-refractivity contribution in [2.75, 3.05) is 12.4 Å². The first-order valence-corrected chi connectivity index (χ1v) is 8.10. The minimum atomic E-state index is -4.43. The van der Waals surface area contributed by atoms with Crippen LogP contribution in [0.5, 0.6) is 5.88 Å². The number of hydrogen-bond donors (Lipinski definition) is 3. The molecular weight excluding hydrogens is 361 g/mol. The van der Waals surface area contributed by atoms with E-state index in [1.54, 1.807) is 30.7 Å². The van der Waals surface area contributed by atoms with Gasteiger partial charge in [0.05, 0.1) is 5.56 Å². The molecule has 9 heteroatoms. The molecule has 0 bridgehead atoms. The van der Waals surface area contributed by atoms with Gasteiger partial charge < -0.3 is 10.1 Å². The Balaban J connectivity index is 0.000000828. The SMILES string of the molecule is CNc1cccc(C(F)(F)F)c1COc1cccc(C(C)C)n1.NNC=O. The Labute approximate surface area is 155 Å². The molecule has 0 aliphatic carbocycles. The van der Waals surface area contributed by atoms with Gasteiger partial charge in [-0.3, -0.25) is 10.2 Å². The summed E-state index contributed by atoms with van der Waals surface area (Å²) >= 11 is 0. The van der Waals surface area contributed by atoms with E-state index in [0.29, 0.717) is 18.0 Å². The minimum Gasteiger partial charge on any atom is -0.473 e. The highest BCUT2D eigenvalue weighted by Crippen LogP contribution is 2.35. The van der Waals surface area contributed by atoms with Crippen LogP contribution in [0.15, 0.2) is 36.4 Å². The topological polar surface area (TPSA) is 89.3 Å². The molecule has 148 valence electrons. The Hall–Kier alpha value is -2.81. The van der Waals surface area contributed by atoms with E-state index in [0.717, 1.165) is 11.8 Å². The summed E-state index contributed by atoms with van der Waals surface area (Å²) in [5, 5.41) is 2.77. The second kappa shape index (κ2) is 10.4. The van der Waals surface area contributed by atoms with E-state index in [4.69, 9.17) is 9.53 Å². The van der Waals surface area contributed by atoms with Crippen molar-refractivity contribution in [3.05, 3.63) is 53.2 Å². The molecule has 0 saturated carbocycles. The first kappa shape index (κ1) is 22.2. The number of benzene rings is 1. The number of carbonyl (C=O) groups excluding carboxylic acids is 1. The predicted octanol–water partition coefficient (Wildman–Crippen LogP) is 3.45. The smallest absolute Gasteiger partial charge is 0.416 e. The number of alkyl halides is 3. The van der Waals surface area contributed by atoms with Crippen molar-refractivity contribution in [1.82, 2.24) is 10.4 Å². The maximum absolute atomic E-state index is 13.2. The molecule has 6 nitrogen and oxygen atoms in total. The Kier molecular flexibility index (Phi) is 8.53. The highest BCUT2D eigenvalue weighted by atomic mass is 19.4. The van der Waals surface area contributed by atoms with Gasteiger partial charge in [0.1, 0.15) is 6.61 Å². The third-order valence-corrected chi connectivity index (χ3v) is 3.52. The van der Waals surface area contributed by atoms with Crippen molar-refractivity contribution in [2.24, 2.45) is 5.84 Å². The second-order valence-corrected chi connectivity index (χ2v) is 5.71. The zero-order valence-electron chi connectivity index (χ0n) is 15.3. The zero-order chi connectivity index (χ0) is 20.4. The third-order valence-electron chi connectivity index (χ3n) is 3.52. The molecule has 0 spiro atoms. The molecule has 1 amide bonds. The van der Waals surface area contributed by atoms with Gasteiger partial charge in [0.2, 0.25) is 12.3 Å². The molecule has 1 aromatic heterocycles. The van der Waals surface area contributed by atoms with Gasteiger partial charge in [0, 0.05) is 30.1 Å². The number of hydrogen-bond acceptors (Lipinski definition) is 5. The van der Waals surface area contributed by atoms with Crippen LogP contribution in [0.25, 0.3) is 0 Å². The van der Waals surface area contributed by atoms with Crippen molar-refractivity contribution in [2.45, 2.75) is 32.5 Å². The highest BCUT2D eigenvalue weighted by Gasteiger charge is 2.34. The molecule has 0 aliphatic rings. The average Bonchev–Trinajstić information content (AvgIpc) is 2.65. The van der Waals surface area contributed by atoms with Crippen LogP contribution < -0.4 is 21.3 Å². The summed E-state index contributed by atoms with van der Waals surface area (Å²) in [6, 6.07) is 9.30. The number of anilines is 1. The van der Waals surface area contributed by atoms with Crippen molar-refractivity contribution < 1.29 is 22.7 Å². The number of amides is 1. The lowest BCUT2D eigenvalue weighted by atomic mass is 10.1.